The molecule has 0 radical (unpaired) electrons. The van der Waals surface area contributed by atoms with Gasteiger partial charge in [0.15, 0.2) is 0 Å². The molecule has 0 aliphatic carbocycles. The largest absolute Gasteiger partial charge is 0.399 e. The Morgan fingerprint density at radius 2 is 1.95 bits per heavy atom. The minimum atomic E-state index is 0.485. The van der Waals surface area contributed by atoms with E-state index >= 15 is 0 Å². The van der Waals surface area contributed by atoms with Crippen molar-refractivity contribution in [2.75, 3.05) is 5.73 Å². The molecule has 3 aromatic rings. The molecule has 0 amide bonds. The summed E-state index contributed by atoms with van der Waals surface area (Å²) in [6.45, 7) is 0. The molecule has 0 saturated carbocycles. The molecule has 0 aliphatic rings. The summed E-state index contributed by atoms with van der Waals surface area (Å²) in [7, 11) is 0. The molecule has 0 atom stereocenters. The molecule has 21 heavy (non-hydrogen) atoms. The highest BCUT2D eigenvalue weighted by Crippen LogP contribution is 2.23. The topological polar surface area (TPSA) is 77.8 Å². The van der Waals surface area contributed by atoms with Gasteiger partial charge in [-0.3, -0.25) is 4.98 Å². The number of hydrogen-bond acceptors (Lipinski definition) is 5. The number of pyridine rings is 1. The van der Waals surface area contributed by atoms with Gasteiger partial charge in [-0.25, -0.2) is 0 Å². The molecular formula is C15H13BrN4O. The Hall–Kier alpha value is -2.21. The van der Waals surface area contributed by atoms with E-state index in [4.69, 9.17) is 10.3 Å². The molecule has 2 heterocycles. The average molecular weight is 345 g/mol. The van der Waals surface area contributed by atoms with E-state index in [9.17, 15) is 0 Å². The van der Waals surface area contributed by atoms with Gasteiger partial charge in [-0.2, -0.15) is 4.98 Å². The number of nitrogen functional groups attached to an aromatic ring is 1. The van der Waals surface area contributed by atoms with Gasteiger partial charge < -0.3 is 10.3 Å². The van der Waals surface area contributed by atoms with E-state index in [0.717, 1.165) is 22.1 Å². The van der Waals surface area contributed by atoms with Crippen LogP contribution in [0, 0.1) is 0 Å². The number of anilines is 1. The molecule has 106 valence electrons. The van der Waals surface area contributed by atoms with Gasteiger partial charge in [-0.05, 0) is 46.1 Å². The summed E-state index contributed by atoms with van der Waals surface area (Å²) in [6, 6.07) is 11.5. The first-order chi connectivity index (χ1) is 10.2. The molecule has 6 heteroatoms. The normalized spacial score (nSPS) is 10.7. The number of aromatic nitrogens is 3. The maximum absolute atomic E-state index is 5.92. The lowest BCUT2D eigenvalue weighted by molar-refractivity contribution is 0.379. The van der Waals surface area contributed by atoms with Crippen molar-refractivity contribution in [3.05, 3.63) is 58.5 Å². The van der Waals surface area contributed by atoms with Crippen LogP contribution < -0.4 is 5.73 Å². The number of nitrogens with two attached hydrogens (primary N) is 1. The second-order valence-electron chi connectivity index (χ2n) is 4.54. The molecule has 0 spiro atoms. The van der Waals surface area contributed by atoms with Gasteiger partial charge in [-0.15, -0.1) is 0 Å². The standard InChI is InChI=1S/C15H13BrN4O/c16-11-5-3-9-18-14(11)15-19-13(21-20-15)8-7-10-4-1-2-6-12(10)17/h1-6,9H,7-8,17H2. The molecule has 0 fully saturated rings. The molecule has 3 rings (SSSR count). The van der Waals surface area contributed by atoms with Crippen molar-refractivity contribution < 1.29 is 4.52 Å². The number of para-hydroxylation sites is 1. The zero-order valence-corrected chi connectivity index (χ0v) is 12.7. The molecular weight excluding hydrogens is 332 g/mol. The van der Waals surface area contributed by atoms with Crippen LogP contribution in [-0.4, -0.2) is 15.1 Å². The summed E-state index contributed by atoms with van der Waals surface area (Å²) in [4.78, 5) is 8.62. The smallest absolute Gasteiger partial charge is 0.227 e. The number of benzene rings is 1. The number of aryl methyl sites for hydroxylation is 2. The Bertz CT molecular complexity index is 757. The van der Waals surface area contributed by atoms with Gasteiger partial charge in [0.1, 0.15) is 5.69 Å². The highest BCUT2D eigenvalue weighted by atomic mass is 79.9. The van der Waals surface area contributed by atoms with Crippen LogP contribution >= 0.6 is 15.9 Å². The third kappa shape index (κ3) is 3.11. The SMILES string of the molecule is Nc1ccccc1CCc1nc(-c2ncccc2Br)no1. The zero-order chi connectivity index (χ0) is 14.7. The first-order valence-corrected chi connectivity index (χ1v) is 7.30. The van der Waals surface area contributed by atoms with Crippen molar-refractivity contribution in [1.82, 2.24) is 15.1 Å². The fourth-order valence-electron chi connectivity index (χ4n) is 2.01. The van der Waals surface area contributed by atoms with E-state index < -0.39 is 0 Å². The minimum Gasteiger partial charge on any atom is -0.399 e. The van der Waals surface area contributed by atoms with Crippen molar-refractivity contribution in [2.24, 2.45) is 0 Å². The Morgan fingerprint density at radius 3 is 2.76 bits per heavy atom. The summed E-state index contributed by atoms with van der Waals surface area (Å²) in [5.74, 6) is 1.06. The third-order valence-electron chi connectivity index (χ3n) is 3.10. The van der Waals surface area contributed by atoms with E-state index in [1.54, 1.807) is 6.20 Å². The van der Waals surface area contributed by atoms with Crippen LogP contribution in [0.2, 0.25) is 0 Å². The van der Waals surface area contributed by atoms with Crippen molar-refractivity contribution >= 4 is 21.6 Å². The second kappa shape index (κ2) is 6.05. The van der Waals surface area contributed by atoms with Crippen LogP contribution in [0.1, 0.15) is 11.5 Å². The molecule has 2 aromatic heterocycles. The van der Waals surface area contributed by atoms with Gasteiger partial charge >= 0.3 is 0 Å². The van der Waals surface area contributed by atoms with E-state index in [1.807, 2.05) is 36.4 Å². The van der Waals surface area contributed by atoms with Crippen molar-refractivity contribution in [3.63, 3.8) is 0 Å². The van der Waals surface area contributed by atoms with Crippen LogP contribution in [0.15, 0.2) is 51.6 Å². The lowest BCUT2D eigenvalue weighted by Gasteiger charge is -2.02. The highest BCUT2D eigenvalue weighted by molar-refractivity contribution is 9.10. The van der Waals surface area contributed by atoms with Crippen molar-refractivity contribution in [2.45, 2.75) is 12.8 Å². The van der Waals surface area contributed by atoms with Gasteiger partial charge in [0.05, 0.1) is 0 Å². The fourth-order valence-corrected chi connectivity index (χ4v) is 2.44. The minimum absolute atomic E-state index is 0.485. The van der Waals surface area contributed by atoms with Crippen LogP contribution in [-0.2, 0) is 12.8 Å². The Labute approximate surface area is 130 Å². The lowest BCUT2D eigenvalue weighted by Crippen LogP contribution is -1.97. The summed E-state index contributed by atoms with van der Waals surface area (Å²) in [6.07, 6.45) is 3.10. The zero-order valence-electron chi connectivity index (χ0n) is 11.2. The van der Waals surface area contributed by atoms with Gasteiger partial charge in [0.2, 0.25) is 11.7 Å². The predicted octanol–water partition coefficient (Wildman–Crippen LogP) is 3.26. The van der Waals surface area contributed by atoms with E-state index in [-0.39, 0.29) is 0 Å². The van der Waals surface area contributed by atoms with Crippen LogP contribution in [0.3, 0.4) is 0 Å². The first kappa shape index (κ1) is 13.8. The number of halogens is 1. The fraction of sp³-hybridized carbons (Fsp3) is 0.133. The van der Waals surface area contributed by atoms with Crippen LogP contribution in [0.4, 0.5) is 5.69 Å². The maximum Gasteiger partial charge on any atom is 0.227 e. The number of nitrogens with zero attached hydrogens (tertiary/aromatic N) is 3. The lowest BCUT2D eigenvalue weighted by atomic mass is 10.1. The van der Waals surface area contributed by atoms with Gasteiger partial charge in [-0.1, -0.05) is 23.4 Å². The Kier molecular flexibility index (Phi) is 3.96. The molecule has 0 saturated heterocycles. The van der Waals surface area contributed by atoms with Crippen LogP contribution in [0.25, 0.3) is 11.5 Å². The summed E-state index contributed by atoms with van der Waals surface area (Å²) in [5, 5.41) is 3.97. The monoisotopic (exact) mass is 344 g/mol. The van der Waals surface area contributed by atoms with Crippen LogP contribution in [0.5, 0.6) is 0 Å². The maximum atomic E-state index is 5.92. The third-order valence-corrected chi connectivity index (χ3v) is 3.74. The second-order valence-corrected chi connectivity index (χ2v) is 5.40. The predicted molar refractivity (Wildman–Crippen MR) is 83.5 cm³/mol. The molecule has 2 N–H and O–H groups in total. The molecule has 0 bridgehead atoms. The highest BCUT2D eigenvalue weighted by Gasteiger charge is 2.12. The molecule has 0 aliphatic heterocycles. The average Bonchev–Trinajstić information content (AvgIpc) is 2.96. The molecule has 1 aromatic carbocycles. The van der Waals surface area contributed by atoms with Crippen molar-refractivity contribution in [3.8, 4) is 11.5 Å². The summed E-state index contributed by atoms with van der Waals surface area (Å²) in [5.41, 5.74) is 8.45. The van der Waals surface area contributed by atoms with E-state index in [1.165, 1.54) is 0 Å². The van der Waals surface area contributed by atoms with E-state index in [2.05, 4.69) is 31.1 Å². The van der Waals surface area contributed by atoms with E-state index in [0.29, 0.717) is 23.8 Å². The molecule has 5 nitrogen and oxygen atoms in total. The quantitative estimate of drug-likeness (QED) is 0.735. The Morgan fingerprint density at radius 1 is 1.10 bits per heavy atom. The Balaban J connectivity index is 1.74. The molecule has 0 unspecified atom stereocenters. The summed E-state index contributed by atoms with van der Waals surface area (Å²) >= 11 is 3.43. The van der Waals surface area contributed by atoms with Gasteiger partial charge in [0.25, 0.3) is 0 Å². The summed E-state index contributed by atoms with van der Waals surface area (Å²) < 4.78 is 6.11. The number of hydrogen-bond donors (Lipinski definition) is 1. The number of rotatable bonds is 4. The van der Waals surface area contributed by atoms with Crippen molar-refractivity contribution in [1.29, 1.82) is 0 Å². The first-order valence-electron chi connectivity index (χ1n) is 6.51. The van der Waals surface area contributed by atoms with Gasteiger partial charge in [0, 0.05) is 22.8 Å².